The van der Waals surface area contributed by atoms with Crippen molar-refractivity contribution >= 4 is 27.5 Å². The van der Waals surface area contributed by atoms with E-state index in [0.29, 0.717) is 24.2 Å². The number of nitrogens with one attached hydrogen (secondary N) is 3. The zero-order valence-corrected chi connectivity index (χ0v) is 15.5. The monoisotopic (exact) mass is 387 g/mol. The molecule has 1 fully saturated rings. The van der Waals surface area contributed by atoms with Crippen molar-refractivity contribution in [3.63, 3.8) is 0 Å². The predicted octanol–water partition coefficient (Wildman–Crippen LogP) is 1.93. The molecule has 1 heterocycles. The van der Waals surface area contributed by atoms with Gasteiger partial charge in [0.25, 0.3) is 5.91 Å². The minimum absolute atomic E-state index is 0.0268. The summed E-state index contributed by atoms with van der Waals surface area (Å²) < 4.78 is 22.8. The molecule has 7 nitrogen and oxygen atoms in total. The van der Waals surface area contributed by atoms with E-state index in [1.54, 1.807) is 24.3 Å². The van der Waals surface area contributed by atoms with Crippen molar-refractivity contribution in [1.82, 2.24) is 10.6 Å². The van der Waals surface area contributed by atoms with Gasteiger partial charge in [0.1, 0.15) is 0 Å². The zero-order valence-electron chi connectivity index (χ0n) is 14.6. The molecule has 0 unspecified atom stereocenters. The molecule has 3 rings (SSSR count). The number of carbonyl (C=O) groups is 2. The number of anilines is 1. The SMILES string of the molecule is O=C(Nc1ccc(C(=O)NCc2ccccc2)cc1)N[C@H]1CCS(=O)(=O)C1. The molecule has 0 saturated carbocycles. The van der Waals surface area contributed by atoms with E-state index in [1.165, 1.54) is 0 Å². The van der Waals surface area contributed by atoms with E-state index in [9.17, 15) is 18.0 Å². The molecule has 1 saturated heterocycles. The Balaban J connectivity index is 1.49. The Bertz CT molecular complexity index is 912. The van der Waals surface area contributed by atoms with Gasteiger partial charge in [0.2, 0.25) is 0 Å². The van der Waals surface area contributed by atoms with Crippen LogP contribution in [0.15, 0.2) is 54.6 Å². The van der Waals surface area contributed by atoms with Crippen molar-refractivity contribution in [2.24, 2.45) is 0 Å². The molecular weight excluding hydrogens is 366 g/mol. The Morgan fingerprint density at radius 3 is 2.33 bits per heavy atom. The molecule has 3 N–H and O–H groups in total. The van der Waals surface area contributed by atoms with Crippen LogP contribution in [0.3, 0.4) is 0 Å². The lowest BCUT2D eigenvalue weighted by atomic mass is 10.1. The largest absolute Gasteiger partial charge is 0.348 e. The van der Waals surface area contributed by atoms with Crippen LogP contribution in [0.25, 0.3) is 0 Å². The topological polar surface area (TPSA) is 104 Å². The first-order chi connectivity index (χ1) is 12.9. The number of amides is 3. The molecule has 27 heavy (non-hydrogen) atoms. The second-order valence-corrected chi connectivity index (χ2v) is 8.67. The van der Waals surface area contributed by atoms with Gasteiger partial charge < -0.3 is 16.0 Å². The molecule has 0 radical (unpaired) electrons. The fourth-order valence-electron chi connectivity index (χ4n) is 2.85. The molecule has 142 valence electrons. The molecule has 2 aromatic carbocycles. The molecule has 2 aromatic rings. The van der Waals surface area contributed by atoms with E-state index < -0.39 is 15.9 Å². The van der Waals surface area contributed by atoms with Crippen molar-refractivity contribution in [3.8, 4) is 0 Å². The summed E-state index contributed by atoms with van der Waals surface area (Å²) in [4.78, 5) is 24.1. The lowest BCUT2D eigenvalue weighted by Gasteiger charge is -2.12. The van der Waals surface area contributed by atoms with Crippen molar-refractivity contribution in [2.45, 2.75) is 19.0 Å². The van der Waals surface area contributed by atoms with Gasteiger partial charge in [-0.05, 0) is 36.2 Å². The summed E-state index contributed by atoms with van der Waals surface area (Å²) in [5, 5.41) is 8.13. The number of hydrogen-bond donors (Lipinski definition) is 3. The van der Waals surface area contributed by atoms with E-state index in [-0.39, 0.29) is 23.5 Å². The summed E-state index contributed by atoms with van der Waals surface area (Å²) in [6.07, 6.45) is 0.427. The quantitative estimate of drug-likeness (QED) is 0.729. The summed E-state index contributed by atoms with van der Waals surface area (Å²) in [5.41, 5.74) is 2.02. The summed E-state index contributed by atoms with van der Waals surface area (Å²) >= 11 is 0. The second kappa shape index (κ2) is 8.22. The fourth-order valence-corrected chi connectivity index (χ4v) is 4.52. The highest BCUT2D eigenvalue weighted by Gasteiger charge is 2.28. The molecule has 0 spiro atoms. The molecule has 3 amide bonds. The Hall–Kier alpha value is -2.87. The van der Waals surface area contributed by atoms with Crippen LogP contribution in [0.1, 0.15) is 22.3 Å². The molecule has 1 aliphatic heterocycles. The third-order valence-electron chi connectivity index (χ3n) is 4.27. The van der Waals surface area contributed by atoms with Gasteiger partial charge in [-0.25, -0.2) is 13.2 Å². The van der Waals surface area contributed by atoms with Crippen molar-refractivity contribution < 1.29 is 18.0 Å². The van der Waals surface area contributed by atoms with E-state index in [4.69, 9.17) is 0 Å². The first kappa shape index (κ1) is 18.9. The number of urea groups is 1. The maximum atomic E-state index is 12.2. The highest BCUT2D eigenvalue weighted by atomic mass is 32.2. The minimum Gasteiger partial charge on any atom is -0.348 e. The van der Waals surface area contributed by atoms with E-state index in [0.717, 1.165) is 5.56 Å². The predicted molar refractivity (Wildman–Crippen MR) is 103 cm³/mol. The average Bonchev–Trinajstić information content (AvgIpc) is 2.99. The normalized spacial score (nSPS) is 17.9. The standard InChI is InChI=1S/C19H21N3O4S/c23-18(20-12-14-4-2-1-3-5-14)15-6-8-16(9-7-15)21-19(24)22-17-10-11-27(25,26)13-17/h1-9,17H,10-13H2,(H,20,23)(H2,21,22,24)/t17-/m0/s1. The lowest BCUT2D eigenvalue weighted by molar-refractivity contribution is 0.0951. The Labute approximate surface area is 158 Å². The Morgan fingerprint density at radius 1 is 1.00 bits per heavy atom. The molecule has 0 aromatic heterocycles. The van der Waals surface area contributed by atoms with Crippen LogP contribution in [-0.4, -0.2) is 37.9 Å². The highest BCUT2D eigenvalue weighted by Crippen LogP contribution is 2.13. The lowest BCUT2D eigenvalue weighted by Crippen LogP contribution is -2.38. The van der Waals surface area contributed by atoms with Crippen LogP contribution in [0.5, 0.6) is 0 Å². The summed E-state index contributed by atoms with van der Waals surface area (Å²) in [5.74, 6) is -0.128. The van der Waals surface area contributed by atoms with Crippen molar-refractivity contribution in [2.75, 3.05) is 16.8 Å². The smallest absolute Gasteiger partial charge is 0.319 e. The first-order valence-electron chi connectivity index (χ1n) is 8.61. The van der Waals surface area contributed by atoms with Gasteiger partial charge in [-0.1, -0.05) is 30.3 Å². The highest BCUT2D eigenvalue weighted by molar-refractivity contribution is 7.91. The molecule has 1 atom stereocenters. The maximum Gasteiger partial charge on any atom is 0.319 e. The van der Waals surface area contributed by atoms with Crippen LogP contribution in [-0.2, 0) is 16.4 Å². The number of sulfone groups is 1. The van der Waals surface area contributed by atoms with Gasteiger partial charge in [0, 0.05) is 23.8 Å². The first-order valence-corrected chi connectivity index (χ1v) is 10.4. The molecular formula is C19H21N3O4S. The van der Waals surface area contributed by atoms with E-state index in [1.807, 2.05) is 30.3 Å². The molecule has 1 aliphatic rings. The number of carbonyl (C=O) groups excluding carboxylic acids is 2. The van der Waals surface area contributed by atoms with Crippen LogP contribution in [0.2, 0.25) is 0 Å². The third-order valence-corrected chi connectivity index (χ3v) is 6.04. The van der Waals surface area contributed by atoms with Crippen LogP contribution < -0.4 is 16.0 Å². The number of hydrogen-bond acceptors (Lipinski definition) is 4. The number of benzene rings is 2. The van der Waals surface area contributed by atoms with Gasteiger partial charge in [-0.3, -0.25) is 4.79 Å². The van der Waals surface area contributed by atoms with Crippen molar-refractivity contribution in [3.05, 3.63) is 65.7 Å². The van der Waals surface area contributed by atoms with Gasteiger partial charge in [0.05, 0.1) is 11.5 Å². The molecule has 0 aliphatic carbocycles. The van der Waals surface area contributed by atoms with Crippen LogP contribution in [0, 0.1) is 0 Å². The molecule has 8 heteroatoms. The van der Waals surface area contributed by atoms with Gasteiger partial charge in [0.15, 0.2) is 9.84 Å². The molecule has 0 bridgehead atoms. The summed E-state index contributed by atoms with van der Waals surface area (Å²) in [6, 6.07) is 15.3. The van der Waals surface area contributed by atoms with Crippen LogP contribution >= 0.6 is 0 Å². The van der Waals surface area contributed by atoms with E-state index >= 15 is 0 Å². The number of rotatable bonds is 5. The van der Waals surface area contributed by atoms with Gasteiger partial charge in [-0.2, -0.15) is 0 Å². The Morgan fingerprint density at radius 2 is 1.70 bits per heavy atom. The Kier molecular flexibility index (Phi) is 5.75. The minimum atomic E-state index is -3.04. The van der Waals surface area contributed by atoms with Crippen LogP contribution in [0.4, 0.5) is 10.5 Å². The van der Waals surface area contributed by atoms with E-state index in [2.05, 4.69) is 16.0 Å². The average molecular weight is 387 g/mol. The third kappa shape index (κ3) is 5.55. The van der Waals surface area contributed by atoms with Gasteiger partial charge >= 0.3 is 6.03 Å². The maximum absolute atomic E-state index is 12.2. The van der Waals surface area contributed by atoms with Gasteiger partial charge in [-0.15, -0.1) is 0 Å². The summed E-state index contributed by atoms with van der Waals surface area (Å²) in [6.45, 7) is 0.437. The second-order valence-electron chi connectivity index (χ2n) is 6.44. The zero-order chi connectivity index (χ0) is 19.3. The fraction of sp³-hybridized carbons (Fsp3) is 0.263. The summed E-state index contributed by atoms with van der Waals surface area (Å²) in [7, 11) is -3.04. The van der Waals surface area contributed by atoms with Crippen molar-refractivity contribution in [1.29, 1.82) is 0 Å².